The largest absolute Gasteiger partial charge is 0.372 e. The van der Waals surface area contributed by atoms with Crippen molar-refractivity contribution in [1.29, 1.82) is 0 Å². The summed E-state index contributed by atoms with van der Waals surface area (Å²) in [4.78, 5) is 22.4. The second-order valence-electron chi connectivity index (χ2n) is 7.35. The van der Waals surface area contributed by atoms with Crippen LogP contribution in [0.3, 0.4) is 0 Å². The summed E-state index contributed by atoms with van der Waals surface area (Å²) >= 11 is 0. The minimum absolute atomic E-state index is 0.113. The molecule has 2 aliphatic rings. The van der Waals surface area contributed by atoms with Crippen LogP contribution in [0.4, 0.5) is 23.1 Å². The van der Waals surface area contributed by atoms with Gasteiger partial charge in [0.25, 0.3) is 0 Å². The third-order valence-electron chi connectivity index (χ3n) is 5.42. The molecule has 3 heterocycles. The van der Waals surface area contributed by atoms with Crippen LogP contribution in [0.1, 0.15) is 26.2 Å². The molecule has 0 unspecified atom stereocenters. The maximum Gasteiger partial charge on any atom is 0.247 e. The van der Waals surface area contributed by atoms with E-state index in [1.165, 1.54) is 24.9 Å². The molecule has 2 fully saturated rings. The van der Waals surface area contributed by atoms with Crippen LogP contribution in [0.2, 0.25) is 0 Å². The third kappa shape index (κ3) is 4.32. The van der Waals surface area contributed by atoms with E-state index in [1.807, 2.05) is 4.90 Å². The summed E-state index contributed by atoms with van der Waals surface area (Å²) in [6, 6.07) is 8.48. The van der Waals surface area contributed by atoms with Crippen molar-refractivity contribution >= 4 is 29.0 Å². The summed E-state index contributed by atoms with van der Waals surface area (Å²) in [5.74, 6) is 1.38. The summed E-state index contributed by atoms with van der Waals surface area (Å²) in [7, 11) is 0. The van der Waals surface area contributed by atoms with E-state index in [9.17, 15) is 4.79 Å². The van der Waals surface area contributed by atoms with Crippen LogP contribution in [0.15, 0.2) is 30.5 Å². The van der Waals surface area contributed by atoms with Gasteiger partial charge in [-0.3, -0.25) is 4.79 Å². The van der Waals surface area contributed by atoms with Gasteiger partial charge >= 0.3 is 0 Å². The fraction of sp³-hybridized carbons (Fsp3) is 0.500. The molecule has 1 aromatic carbocycles. The van der Waals surface area contributed by atoms with E-state index in [0.29, 0.717) is 24.9 Å². The molecule has 4 rings (SSSR count). The molecule has 28 heavy (non-hydrogen) atoms. The molecule has 0 bridgehead atoms. The van der Waals surface area contributed by atoms with E-state index in [0.717, 1.165) is 31.9 Å². The molecule has 0 aliphatic carbocycles. The first kappa shape index (κ1) is 18.5. The fourth-order valence-corrected chi connectivity index (χ4v) is 3.77. The van der Waals surface area contributed by atoms with E-state index in [-0.39, 0.29) is 5.91 Å². The zero-order valence-electron chi connectivity index (χ0n) is 16.3. The summed E-state index contributed by atoms with van der Waals surface area (Å²) in [6.07, 6.45) is 5.52. The molecular formula is C20H27N7O. The molecule has 0 saturated carbocycles. The molecule has 0 spiro atoms. The van der Waals surface area contributed by atoms with Gasteiger partial charge in [0.2, 0.25) is 11.9 Å². The number of amides is 1. The first-order valence-corrected chi connectivity index (χ1v) is 10.0. The molecule has 0 radical (unpaired) electrons. The summed E-state index contributed by atoms with van der Waals surface area (Å²) < 4.78 is 0. The van der Waals surface area contributed by atoms with Crippen LogP contribution < -0.4 is 15.1 Å². The highest BCUT2D eigenvalue weighted by Crippen LogP contribution is 2.23. The highest BCUT2D eigenvalue weighted by molar-refractivity contribution is 5.73. The van der Waals surface area contributed by atoms with Crippen LogP contribution in [-0.2, 0) is 4.79 Å². The Morgan fingerprint density at radius 2 is 1.64 bits per heavy atom. The topological polar surface area (TPSA) is 77.5 Å². The van der Waals surface area contributed by atoms with Crippen molar-refractivity contribution in [3.8, 4) is 0 Å². The molecule has 148 valence electrons. The highest BCUT2D eigenvalue weighted by atomic mass is 16.2. The average molecular weight is 381 g/mol. The number of carbonyl (C=O) groups is 1. The van der Waals surface area contributed by atoms with E-state index >= 15 is 0 Å². The Labute approximate surface area is 165 Å². The lowest BCUT2D eigenvalue weighted by atomic mass is 10.1. The number of carbonyl (C=O) groups excluding carboxylic acids is 1. The van der Waals surface area contributed by atoms with Gasteiger partial charge in [-0.15, -0.1) is 5.10 Å². The molecule has 1 aromatic heterocycles. The van der Waals surface area contributed by atoms with Crippen LogP contribution in [0.5, 0.6) is 0 Å². The molecule has 8 heteroatoms. The second kappa shape index (κ2) is 8.41. The quantitative estimate of drug-likeness (QED) is 0.870. The minimum atomic E-state index is 0.113. The van der Waals surface area contributed by atoms with Gasteiger partial charge in [-0.05, 0) is 43.5 Å². The maximum absolute atomic E-state index is 11.5. The molecule has 1 N–H and O–H groups in total. The first-order chi connectivity index (χ1) is 13.7. The van der Waals surface area contributed by atoms with Crippen molar-refractivity contribution in [1.82, 2.24) is 20.1 Å². The number of aromatic nitrogens is 3. The second-order valence-corrected chi connectivity index (χ2v) is 7.35. The van der Waals surface area contributed by atoms with Gasteiger partial charge in [0, 0.05) is 57.6 Å². The van der Waals surface area contributed by atoms with Gasteiger partial charge in [-0.1, -0.05) is 0 Å². The Bertz CT molecular complexity index is 796. The molecule has 0 atom stereocenters. The van der Waals surface area contributed by atoms with E-state index in [4.69, 9.17) is 0 Å². The average Bonchev–Trinajstić information content (AvgIpc) is 2.75. The highest BCUT2D eigenvalue weighted by Gasteiger charge is 2.21. The molecule has 2 aromatic rings. The number of piperazine rings is 1. The Balaban J connectivity index is 1.39. The monoisotopic (exact) mass is 381 g/mol. The first-order valence-electron chi connectivity index (χ1n) is 10.0. The van der Waals surface area contributed by atoms with Crippen LogP contribution in [-0.4, -0.2) is 65.3 Å². The molecule has 8 nitrogen and oxygen atoms in total. The smallest absolute Gasteiger partial charge is 0.247 e. The lowest BCUT2D eigenvalue weighted by Gasteiger charge is -2.33. The minimum Gasteiger partial charge on any atom is -0.372 e. The Morgan fingerprint density at radius 3 is 2.32 bits per heavy atom. The van der Waals surface area contributed by atoms with Crippen molar-refractivity contribution < 1.29 is 4.79 Å². The van der Waals surface area contributed by atoms with E-state index in [2.05, 4.69) is 54.6 Å². The zero-order chi connectivity index (χ0) is 19.3. The van der Waals surface area contributed by atoms with Crippen molar-refractivity contribution in [2.24, 2.45) is 0 Å². The summed E-state index contributed by atoms with van der Waals surface area (Å²) in [6.45, 7) is 6.70. The molecular weight excluding hydrogens is 354 g/mol. The molecule has 1 amide bonds. The Morgan fingerprint density at radius 1 is 0.929 bits per heavy atom. The van der Waals surface area contributed by atoms with Crippen LogP contribution in [0.25, 0.3) is 0 Å². The van der Waals surface area contributed by atoms with Crippen LogP contribution >= 0.6 is 0 Å². The van der Waals surface area contributed by atoms with Gasteiger partial charge in [0.15, 0.2) is 5.82 Å². The molecule has 2 saturated heterocycles. The van der Waals surface area contributed by atoms with Crippen molar-refractivity contribution in [3.05, 3.63) is 30.5 Å². The van der Waals surface area contributed by atoms with Crippen molar-refractivity contribution in [3.63, 3.8) is 0 Å². The number of rotatable bonds is 4. The van der Waals surface area contributed by atoms with Crippen LogP contribution in [0, 0.1) is 0 Å². The predicted octanol–water partition coefficient (Wildman–Crippen LogP) is 2.27. The number of hydrogen-bond acceptors (Lipinski definition) is 7. The van der Waals surface area contributed by atoms with Crippen molar-refractivity contribution in [2.45, 2.75) is 26.2 Å². The third-order valence-corrected chi connectivity index (χ3v) is 5.42. The summed E-state index contributed by atoms with van der Waals surface area (Å²) in [5, 5.41) is 11.6. The normalized spacial score (nSPS) is 17.5. The number of piperidine rings is 1. The number of benzene rings is 1. The number of anilines is 4. The number of hydrogen-bond donors (Lipinski definition) is 1. The lowest BCUT2D eigenvalue weighted by Crippen LogP contribution is -2.48. The SMILES string of the molecule is CC(=O)N1CCN(c2nncc(Nc3ccc(N4CCCCC4)cc3)n2)CC1. The van der Waals surface area contributed by atoms with Gasteiger partial charge in [0.05, 0.1) is 6.20 Å². The Hall–Kier alpha value is -2.90. The van der Waals surface area contributed by atoms with Gasteiger partial charge in [-0.2, -0.15) is 10.1 Å². The maximum atomic E-state index is 11.5. The fourth-order valence-electron chi connectivity index (χ4n) is 3.77. The standard InChI is InChI=1S/C20H27N7O/c1-16(28)25-11-13-27(14-12-25)20-23-19(15-21-24-20)22-17-5-7-18(8-6-17)26-9-3-2-4-10-26/h5-8,15H,2-4,9-14H2,1H3,(H,22,23,24). The van der Waals surface area contributed by atoms with Crippen molar-refractivity contribution in [2.75, 3.05) is 54.4 Å². The predicted molar refractivity (Wildman–Crippen MR) is 110 cm³/mol. The molecule has 2 aliphatic heterocycles. The zero-order valence-corrected chi connectivity index (χ0v) is 16.3. The lowest BCUT2D eigenvalue weighted by molar-refractivity contribution is -0.129. The van der Waals surface area contributed by atoms with E-state index in [1.54, 1.807) is 13.1 Å². The van der Waals surface area contributed by atoms with Gasteiger partial charge in [0.1, 0.15) is 0 Å². The Kier molecular flexibility index (Phi) is 5.55. The van der Waals surface area contributed by atoms with E-state index < -0.39 is 0 Å². The van der Waals surface area contributed by atoms with Gasteiger partial charge in [-0.25, -0.2) is 0 Å². The summed E-state index contributed by atoms with van der Waals surface area (Å²) in [5.41, 5.74) is 2.25. The number of nitrogens with zero attached hydrogens (tertiary/aromatic N) is 6. The number of nitrogens with one attached hydrogen (secondary N) is 1. The van der Waals surface area contributed by atoms with Gasteiger partial charge < -0.3 is 20.0 Å².